The lowest BCUT2D eigenvalue weighted by Crippen LogP contribution is -2.33. The Morgan fingerprint density at radius 1 is 0.891 bits per heavy atom. The highest BCUT2D eigenvalue weighted by Crippen LogP contribution is 2.51. The molecule has 3 N–H and O–H groups in total. The molecule has 304 valence electrons. The van der Waals surface area contributed by atoms with E-state index in [1.54, 1.807) is 19.2 Å². The molecule has 2 aromatic rings. The standard InChI is InChI=1S/C37H50N2O13S3/c1-5-38-31-16-14-27(54(45,46)47)25-29(31)36(2,18-10-24-53(42,43)44)33(38)11-9-12-34-37(3,19-21-52-23-22-51-4)30-26-28(55(48,49)50)15-17-32(30)39(34)20-8-6-7-13-35(40)41/h9,11-12,14-17,25-26H,5-8,10,13,18-24H2,1-4H3,(H3-,40,41,42,43,44,45,46,47,48,49,50). The van der Waals surface area contributed by atoms with Crippen molar-refractivity contribution in [2.45, 2.75) is 86.3 Å². The molecule has 0 saturated heterocycles. The van der Waals surface area contributed by atoms with Crippen molar-refractivity contribution in [1.29, 1.82) is 0 Å². The number of benzene rings is 2. The highest BCUT2D eigenvalue weighted by atomic mass is 32.2. The first-order chi connectivity index (χ1) is 25.7. The van der Waals surface area contributed by atoms with Gasteiger partial charge in [0.15, 0.2) is 5.71 Å². The minimum absolute atomic E-state index is 0.0242. The first-order valence-electron chi connectivity index (χ1n) is 17.9. The minimum Gasteiger partial charge on any atom is -0.744 e. The number of rotatable bonds is 21. The summed E-state index contributed by atoms with van der Waals surface area (Å²) in [7, 11) is -12.1. The molecular weight excluding hydrogens is 777 g/mol. The van der Waals surface area contributed by atoms with E-state index in [0.717, 1.165) is 5.71 Å². The quantitative estimate of drug-likeness (QED) is 0.0873. The number of methoxy groups -OCH3 is 1. The van der Waals surface area contributed by atoms with Crippen molar-refractivity contribution >= 4 is 53.4 Å². The molecule has 15 nitrogen and oxygen atoms in total. The van der Waals surface area contributed by atoms with Crippen LogP contribution in [-0.4, -0.2) is 106 Å². The molecule has 55 heavy (non-hydrogen) atoms. The summed E-state index contributed by atoms with van der Waals surface area (Å²) in [4.78, 5) is 12.4. The second-order valence-corrected chi connectivity index (χ2v) is 18.5. The van der Waals surface area contributed by atoms with Gasteiger partial charge in [0, 0.05) is 67.6 Å². The fourth-order valence-electron chi connectivity index (χ4n) is 7.57. The van der Waals surface area contributed by atoms with Crippen LogP contribution in [0.5, 0.6) is 0 Å². The van der Waals surface area contributed by atoms with Gasteiger partial charge in [0.05, 0.1) is 34.2 Å². The smallest absolute Gasteiger partial charge is 0.303 e. The van der Waals surface area contributed by atoms with Crippen molar-refractivity contribution in [3.8, 4) is 0 Å². The molecule has 2 atom stereocenters. The van der Waals surface area contributed by atoms with Gasteiger partial charge in [-0.05, 0) is 94.8 Å². The van der Waals surface area contributed by atoms with Crippen LogP contribution in [0.4, 0.5) is 11.4 Å². The average molecular weight is 827 g/mol. The second kappa shape index (κ2) is 17.8. The van der Waals surface area contributed by atoms with Crippen LogP contribution in [-0.2, 0) is 55.5 Å². The number of aliphatic carboxylic acids is 1. The van der Waals surface area contributed by atoms with E-state index in [2.05, 4.69) is 0 Å². The topological polar surface area (TPSA) is 228 Å². The van der Waals surface area contributed by atoms with Crippen LogP contribution in [0.15, 0.2) is 70.1 Å². The number of carboxylic acid groups (broad SMARTS) is 1. The number of nitrogens with zero attached hydrogens (tertiary/aromatic N) is 2. The molecule has 18 heteroatoms. The summed E-state index contributed by atoms with van der Waals surface area (Å²) in [5.41, 5.74) is 2.13. The van der Waals surface area contributed by atoms with Crippen LogP contribution in [0, 0.1) is 0 Å². The van der Waals surface area contributed by atoms with E-state index in [1.807, 2.05) is 48.5 Å². The summed E-state index contributed by atoms with van der Waals surface area (Å²) < 4.78 is 117. The number of ether oxygens (including phenoxy) is 2. The fourth-order valence-corrected chi connectivity index (χ4v) is 9.08. The van der Waals surface area contributed by atoms with E-state index >= 15 is 0 Å². The van der Waals surface area contributed by atoms with Crippen molar-refractivity contribution in [3.05, 3.63) is 71.5 Å². The molecule has 0 fully saturated rings. The highest BCUT2D eigenvalue weighted by molar-refractivity contribution is 7.86. The molecule has 4 rings (SSSR count). The maximum absolute atomic E-state index is 12.3. The van der Waals surface area contributed by atoms with Crippen LogP contribution in [0.2, 0.25) is 0 Å². The molecule has 2 aliphatic heterocycles. The molecule has 0 saturated carbocycles. The SMILES string of the molecule is CCN1/C(=C/C=C/C2=[N+](CCCCCC(=O)O)c3ccc(S(=O)(=O)O)cc3C2(C)CCOCCOC)C(C)(CCCS(=O)(=O)O)c2cc(S(=O)(=O)[O-])ccc21. The Morgan fingerprint density at radius 2 is 1.58 bits per heavy atom. The molecule has 2 aliphatic rings. The van der Waals surface area contributed by atoms with Crippen LogP contribution in [0.25, 0.3) is 0 Å². The van der Waals surface area contributed by atoms with Crippen molar-refractivity contribution < 1.29 is 62.9 Å². The summed E-state index contributed by atoms with van der Waals surface area (Å²) in [5, 5.41) is 9.14. The van der Waals surface area contributed by atoms with Gasteiger partial charge in [0.25, 0.3) is 20.2 Å². The number of fused-ring (bicyclic) bond motifs is 2. The number of likely N-dealkylation sites (N-methyl/N-ethyl adjacent to an activating group) is 1. The monoisotopic (exact) mass is 826 g/mol. The molecular formula is C37H50N2O13S3. The number of unbranched alkanes of at least 4 members (excludes halogenated alkanes) is 2. The van der Waals surface area contributed by atoms with Crippen molar-refractivity contribution in [1.82, 2.24) is 0 Å². The van der Waals surface area contributed by atoms with Crippen LogP contribution < -0.4 is 4.90 Å². The van der Waals surface area contributed by atoms with Gasteiger partial charge >= 0.3 is 5.97 Å². The lowest BCUT2D eigenvalue weighted by Gasteiger charge is -2.30. The predicted octanol–water partition coefficient (Wildman–Crippen LogP) is 4.80. The summed E-state index contributed by atoms with van der Waals surface area (Å²) in [6.45, 7) is 7.53. The highest BCUT2D eigenvalue weighted by Gasteiger charge is 2.48. The number of anilines is 1. The molecule has 2 aromatic carbocycles. The van der Waals surface area contributed by atoms with Crippen LogP contribution in [0.1, 0.15) is 76.8 Å². The average Bonchev–Trinajstić information content (AvgIpc) is 3.46. The van der Waals surface area contributed by atoms with Gasteiger partial charge in [-0.2, -0.15) is 21.4 Å². The van der Waals surface area contributed by atoms with E-state index in [-0.39, 0.29) is 30.8 Å². The van der Waals surface area contributed by atoms with Gasteiger partial charge in [0.2, 0.25) is 5.69 Å². The molecule has 2 unspecified atom stereocenters. The summed E-state index contributed by atoms with van der Waals surface area (Å²) >= 11 is 0. The first-order valence-corrected chi connectivity index (χ1v) is 22.4. The largest absolute Gasteiger partial charge is 0.744 e. The number of carbonyl (C=O) groups is 1. The lowest BCUT2D eigenvalue weighted by atomic mass is 9.76. The van der Waals surface area contributed by atoms with Crippen molar-refractivity contribution in [2.75, 3.05) is 50.7 Å². The third-order valence-corrected chi connectivity index (χ3v) is 12.8. The number of carboxylic acids is 1. The van der Waals surface area contributed by atoms with E-state index in [9.17, 15) is 43.7 Å². The van der Waals surface area contributed by atoms with E-state index in [4.69, 9.17) is 14.6 Å². The minimum atomic E-state index is -4.82. The van der Waals surface area contributed by atoms with Gasteiger partial charge in [-0.15, -0.1) is 0 Å². The maximum Gasteiger partial charge on any atom is 0.303 e. The maximum atomic E-state index is 12.3. The molecule has 0 spiro atoms. The Labute approximate surface area is 323 Å². The van der Waals surface area contributed by atoms with Crippen LogP contribution >= 0.6 is 0 Å². The Hall–Kier alpha value is -3.49. The van der Waals surface area contributed by atoms with E-state index in [1.165, 1.54) is 24.3 Å². The summed E-state index contributed by atoms with van der Waals surface area (Å²) in [6.07, 6.45) is 7.86. The normalized spacial score (nSPS) is 20.9. The third kappa shape index (κ3) is 10.5. The number of hydrogen-bond donors (Lipinski definition) is 3. The van der Waals surface area contributed by atoms with Gasteiger partial charge in [-0.3, -0.25) is 13.9 Å². The zero-order valence-electron chi connectivity index (χ0n) is 31.4. The lowest BCUT2D eigenvalue weighted by molar-refractivity contribution is -0.438. The summed E-state index contributed by atoms with van der Waals surface area (Å²) in [6, 6.07) is 8.54. The third-order valence-electron chi connectivity index (χ3n) is 10.4. The number of hydrogen-bond acceptors (Lipinski definition) is 11. The first kappa shape index (κ1) is 44.2. The van der Waals surface area contributed by atoms with Gasteiger partial charge in [0.1, 0.15) is 16.7 Å². The molecule has 0 aromatic heterocycles. The Bertz CT molecular complexity index is 2180. The Balaban J connectivity index is 1.87. The fraction of sp³-hybridized carbons (Fsp3) is 0.514. The van der Waals surface area contributed by atoms with Crippen LogP contribution in [0.3, 0.4) is 0 Å². The molecule has 0 amide bonds. The van der Waals surface area contributed by atoms with Gasteiger partial charge < -0.3 is 24.0 Å². The second-order valence-electron chi connectivity index (χ2n) is 14.1. The van der Waals surface area contributed by atoms with Crippen molar-refractivity contribution in [2.24, 2.45) is 0 Å². The zero-order valence-corrected chi connectivity index (χ0v) is 33.9. The molecule has 0 bridgehead atoms. The predicted molar refractivity (Wildman–Crippen MR) is 204 cm³/mol. The van der Waals surface area contributed by atoms with Gasteiger partial charge in [-0.25, -0.2) is 8.42 Å². The summed E-state index contributed by atoms with van der Waals surface area (Å²) in [5.74, 6) is -1.42. The van der Waals surface area contributed by atoms with E-state index < -0.39 is 57.8 Å². The Kier molecular flexibility index (Phi) is 14.3. The number of allylic oxidation sites excluding steroid dienone is 4. The van der Waals surface area contributed by atoms with Gasteiger partial charge in [-0.1, -0.05) is 6.08 Å². The van der Waals surface area contributed by atoms with E-state index in [0.29, 0.717) is 80.2 Å². The Morgan fingerprint density at radius 3 is 2.20 bits per heavy atom. The molecule has 2 heterocycles. The molecule has 0 radical (unpaired) electrons. The van der Waals surface area contributed by atoms with Crippen molar-refractivity contribution in [3.63, 3.8) is 0 Å². The zero-order chi connectivity index (χ0) is 40.8. The molecule has 0 aliphatic carbocycles.